The van der Waals surface area contributed by atoms with Crippen LogP contribution < -0.4 is 11.1 Å². The lowest BCUT2D eigenvalue weighted by Gasteiger charge is -2.26. The topological polar surface area (TPSA) is 165 Å². The molecule has 1 aromatic carbocycles. The van der Waals surface area contributed by atoms with E-state index in [0.29, 0.717) is 18.8 Å². The third-order valence-corrected chi connectivity index (χ3v) is 6.21. The molecule has 4 N–H and O–H groups in total. The summed E-state index contributed by atoms with van der Waals surface area (Å²) in [5.74, 6) is -3.56. The summed E-state index contributed by atoms with van der Waals surface area (Å²) in [6.45, 7) is 1.23. The molecule has 1 saturated heterocycles. The molecule has 1 heterocycles. The van der Waals surface area contributed by atoms with Crippen LogP contribution >= 0.6 is 0 Å². The fourth-order valence-corrected chi connectivity index (χ4v) is 4.08. The van der Waals surface area contributed by atoms with Gasteiger partial charge in [0.1, 0.15) is 0 Å². The number of sulfonamides is 1. The average molecular weight is 429 g/mol. The van der Waals surface area contributed by atoms with Crippen LogP contribution in [0.1, 0.15) is 5.56 Å². The standard InChI is InChI=1S/C17H23N3O8S/c1-27-17(24)14(16(22)23)19-15(21)13(18)10-11-2-4-12(5-3-11)29(25,26)20-6-8-28-9-7-20/h2-5,13-14H,6-10,18H2,1H3,(H,19,21)(H,22,23)/t13-,14?/m0/s1. The van der Waals surface area contributed by atoms with Crippen molar-refractivity contribution >= 4 is 27.9 Å². The molecular formula is C17H23N3O8S. The Kier molecular flexibility index (Phi) is 7.67. The third kappa shape index (κ3) is 5.73. The van der Waals surface area contributed by atoms with Gasteiger partial charge in [-0.25, -0.2) is 18.0 Å². The summed E-state index contributed by atoms with van der Waals surface area (Å²) in [4.78, 5) is 34.7. The lowest BCUT2D eigenvalue weighted by molar-refractivity contribution is -0.155. The summed E-state index contributed by atoms with van der Waals surface area (Å²) >= 11 is 0. The normalized spacial score (nSPS) is 17.2. The van der Waals surface area contributed by atoms with Crippen molar-refractivity contribution in [2.75, 3.05) is 33.4 Å². The minimum Gasteiger partial charge on any atom is -0.479 e. The van der Waals surface area contributed by atoms with Crippen molar-refractivity contribution in [3.8, 4) is 0 Å². The lowest BCUT2D eigenvalue weighted by Crippen LogP contribution is -2.52. The number of hydrogen-bond acceptors (Lipinski definition) is 8. The molecule has 12 heteroatoms. The first-order valence-corrected chi connectivity index (χ1v) is 10.1. The maximum Gasteiger partial charge on any atom is 0.340 e. The second kappa shape index (κ2) is 9.78. The number of nitrogens with one attached hydrogen (secondary N) is 1. The second-order valence-corrected chi connectivity index (χ2v) is 8.21. The van der Waals surface area contributed by atoms with Gasteiger partial charge in [-0.1, -0.05) is 12.1 Å². The van der Waals surface area contributed by atoms with Gasteiger partial charge in [0, 0.05) is 13.1 Å². The van der Waals surface area contributed by atoms with E-state index in [1.807, 2.05) is 5.32 Å². The second-order valence-electron chi connectivity index (χ2n) is 6.27. The predicted octanol–water partition coefficient (Wildman–Crippen LogP) is -1.68. The maximum absolute atomic E-state index is 12.6. The third-order valence-electron chi connectivity index (χ3n) is 4.29. The van der Waals surface area contributed by atoms with Gasteiger partial charge in [0.15, 0.2) is 0 Å². The van der Waals surface area contributed by atoms with Crippen LogP contribution in [0.2, 0.25) is 0 Å². The van der Waals surface area contributed by atoms with Crippen molar-refractivity contribution in [3.05, 3.63) is 29.8 Å². The molecular weight excluding hydrogens is 406 g/mol. The number of nitrogens with two attached hydrogens (primary N) is 1. The molecule has 0 aliphatic carbocycles. The van der Waals surface area contributed by atoms with Crippen LogP contribution in [-0.4, -0.2) is 81.2 Å². The SMILES string of the molecule is COC(=O)C(NC(=O)[C@@H](N)Cc1ccc(S(=O)(=O)N2CCOCC2)cc1)C(=O)O. The van der Waals surface area contributed by atoms with Gasteiger partial charge in [0.25, 0.3) is 0 Å². The Hall–Kier alpha value is -2.54. The number of benzene rings is 1. The van der Waals surface area contributed by atoms with E-state index in [1.165, 1.54) is 28.6 Å². The van der Waals surface area contributed by atoms with E-state index >= 15 is 0 Å². The Labute approximate surface area is 167 Å². The molecule has 29 heavy (non-hydrogen) atoms. The van der Waals surface area contributed by atoms with Crippen LogP contribution in [0.15, 0.2) is 29.2 Å². The summed E-state index contributed by atoms with van der Waals surface area (Å²) in [6.07, 6.45) is 0.0111. The minimum absolute atomic E-state index is 0.0111. The van der Waals surface area contributed by atoms with Gasteiger partial charge in [0.2, 0.25) is 22.0 Å². The Morgan fingerprint density at radius 2 is 1.83 bits per heavy atom. The number of carboxylic acids is 1. The molecule has 1 aliphatic rings. The number of nitrogens with zero attached hydrogens (tertiary/aromatic N) is 1. The van der Waals surface area contributed by atoms with Crippen molar-refractivity contribution in [2.24, 2.45) is 5.73 Å². The van der Waals surface area contributed by atoms with Crippen molar-refractivity contribution in [3.63, 3.8) is 0 Å². The highest BCUT2D eigenvalue weighted by atomic mass is 32.2. The van der Waals surface area contributed by atoms with Gasteiger partial charge in [0.05, 0.1) is 31.3 Å². The van der Waals surface area contributed by atoms with Crippen LogP contribution in [0.4, 0.5) is 0 Å². The number of amides is 1. The first-order valence-electron chi connectivity index (χ1n) is 8.70. The van der Waals surface area contributed by atoms with Crippen molar-refractivity contribution in [1.29, 1.82) is 0 Å². The van der Waals surface area contributed by atoms with Crippen molar-refractivity contribution < 1.29 is 37.4 Å². The predicted molar refractivity (Wildman–Crippen MR) is 99.3 cm³/mol. The number of rotatable bonds is 8. The summed E-state index contributed by atoms with van der Waals surface area (Å²) < 4.78 is 36.0. The first kappa shape index (κ1) is 22.7. The molecule has 1 aliphatic heterocycles. The molecule has 0 spiro atoms. The van der Waals surface area contributed by atoms with Crippen molar-refractivity contribution in [1.82, 2.24) is 9.62 Å². The largest absolute Gasteiger partial charge is 0.479 e. The molecule has 0 aromatic heterocycles. The number of esters is 1. The van der Waals surface area contributed by atoms with E-state index in [9.17, 15) is 22.8 Å². The number of aliphatic carboxylic acids is 1. The molecule has 1 unspecified atom stereocenters. The number of morpholine rings is 1. The van der Waals surface area contributed by atoms with E-state index in [-0.39, 0.29) is 24.4 Å². The molecule has 1 amide bonds. The molecule has 0 saturated carbocycles. The quantitative estimate of drug-likeness (QED) is 0.323. The first-order chi connectivity index (χ1) is 13.7. The summed E-state index contributed by atoms with van der Waals surface area (Å²) in [5, 5.41) is 11.0. The fraction of sp³-hybridized carbons (Fsp3) is 0.471. The van der Waals surface area contributed by atoms with Crippen molar-refractivity contribution in [2.45, 2.75) is 23.4 Å². The van der Waals surface area contributed by atoms with E-state index in [2.05, 4.69) is 4.74 Å². The van der Waals surface area contributed by atoms with Gasteiger partial charge in [-0.15, -0.1) is 0 Å². The number of carbonyl (C=O) groups is 3. The summed E-state index contributed by atoms with van der Waals surface area (Å²) in [6, 6.07) is 2.87. The van der Waals surface area contributed by atoms with Crippen LogP contribution in [0.25, 0.3) is 0 Å². The maximum atomic E-state index is 12.6. The molecule has 1 aromatic rings. The highest BCUT2D eigenvalue weighted by molar-refractivity contribution is 7.89. The zero-order valence-corrected chi connectivity index (χ0v) is 16.6. The zero-order valence-electron chi connectivity index (χ0n) is 15.7. The van der Waals surface area contributed by atoms with E-state index < -0.39 is 40.0 Å². The fourth-order valence-electron chi connectivity index (χ4n) is 2.67. The molecule has 1 fully saturated rings. The average Bonchev–Trinajstić information content (AvgIpc) is 2.72. The number of hydrogen-bond donors (Lipinski definition) is 3. The minimum atomic E-state index is -3.64. The Morgan fingerprint density at radius 3 is 2.34 bits per heavy atom. The molecule has 0 bridgehead atoms. The monoisotopic (exact) mass is 429 g/mol. The van der Waals surface area contributed by atoms with Crippen LogP contribution in [0, 0.1) is 0 Å². The Balaban J connectivity index is 2.02. The molecule has 2 rings (SSSR count). The van der Waals surface area contributed by atoms with Crippen LogP contribution in [0.5, 0.6) is 0 Å². The number of carboxylic acid groups (broad SMARTS) is 1. The summed E-state index contributed by atoms with van der Waals surface area (Å²) in [5.41, 5.74) is 6.35. The van der Waals surface area contributed by atoms with Gasteiger partial charge in [-0.2, -0.15) is 4.31 Å². The van der Waals surface area contributed by atoms with Crippen LogP contribution in [0.3, 0.4) is 0 Å². The summed E-state index contributed by atoms with van der Waals surface area (Å²) in [7, 11) is -2.64. The van der Waals surface area contributed by atoms with Gasteiger partial charge in [-0.05, 0) is 24.1 Å². The number of carbonyl (C=O) groups excluding carboxylic acids is 2. The molecule has 0 radical (unpaired) electrons. The highest BCUT2D eigenvalue weighted by Crippen LogP contribution is 2.18. The van der Waals surface area contributed by atoms with Crippen LogP contribution in [-0.2, 0) is 40.3 Å². The van der Waals surface area contributed by atoms with Gasteiger partial charge >= 0.3 is 11.9 Å². The Bertz CT molecular complexity index is 850. The highest BCUT2D eigenvalue weighted by Gasteiger charge is 2.31. The van der Waals surface area contributed by atoms with Gasteiger partial charge in [-0.3, -0.25) is 4.79 Å². The van der Waals surface area contributed by atoms with E-state index in [4.69, 9.17) is 15.6 Å². The molecule has 11 nitrogen and oxygen atoms in total. The smallest absolute Gasteiger partial charge is 0.340 e. The Morgan fingerprint density at radius 1 is 1.24 bits per heavy atom. The van der Waals surface area contributed by atoms with E-state index in [0.717, 1.165) is 7.11 Å². The lowest BCUT2D eigenvalue weighted by atomic mass is 10.1. The molecule has 2 atom stereocenters. The zero-order chi connectivity index (χ0) is 21.6. The molecule has 160 valence electrons. The number of ether oxygens (including phenoxy) is 2. The number of methoxy groups -OCH3 is 1. The van der Waals surface area contributed by atoms with Gasteiger partial charge < -0.3 is 25.6 Å². The van der Waals surface area contributed by atoms with E-state index in [1.54, 1.807) is 0 Å².